The molecule has 0 saturated carbocycles. The minimum atomic E-state index is -3.08. The van der Waals surface area contributed by atoms with Crippen molar-refractivity contribution in [3.8, 4) is 5.88 Å². The Morgan fingerprint density at radius 2 is 2.11 bits per heavy atom. The molecule has 2 rings (SSSR count). The lowest BCUT2D eigenvalue weighted by Crippen LogP contribution is -2.42. The van der Waals surface area contributed by atoms with Crippen molar-refractivity contribution in [1.82, 2.24) is 9.29 Å². The second-order valence-electron chi connectivity index (χ2n) is 4.43. The minimum Gasteiger partial charge on any atom is -0.474 e. The van der Waals surface area contributed by atoms with Gasteiger partial charge in [0.05, 0.1) is 10.8 Å². The van der Waals surface area contributed by atoms with Crippen molar-refractivity contribution in [1.29, 1.82) is 0 Å². The molecule has 0 bridgehead atoms. The summed E-state index contributed by atoms with van der Waals surface area (Å²) in [4.78, 5) is 4.07. The molecule has 0 amide bonds. The van der Waals surface area contributed by atoms with E-state index < -0.39 is 10.0 Å². The molecule has 2 heterocycles. The van der Waals surface area contributed by atoms with Gasteiger partial charge in [-0.15, -0.1) is 0 Å². The monoisotopic (exact) mass is 304 g/mol. The van der Waals surface area contributed by atoms with E-state index in [1.807, 2.05) is 0 Å². The van der Waals surface area contributed by atoms with Gasteiger partial charge < -0.3 is 4.74 Å². The fourth-order valence-corrected chi connectivity index (χ4v) is 3.26. The van der Waals surface area contributed by atoms with Gasteiger partial charge in [0.25, 0.3) is 0 Å². The van der Waals surface area contributed by atoms with E-state index in [0.717, 1.165) is 0 Å². The molecular weight excluding hydrogens is 288 g/mol. The third kappa shape index (κ3) is 3.81. The molecule has 1 aliphatic heterocycles. The van der Waals surface area contributed by atoms with E-state index in [1.165, 1.54) is 10.5 Å². The molecule has 7 heteroatoms. The SMILES string of the molecule is CCS(=O)(=O)N1CCC(Oc2ccc(Cl)cn2)CC1. The largest absolute Gasteiger partial charge is 0.474 e. The van der Waals surface area contributed by atoms with E-state index >= 15 is 0 Å². The fourth-order valence-electron chi connectivity index (χ4n) is 2.01. The van der Waals surface area contributed by atoms with Crippen molar-refractivity contribution >= 4 is 21.6 Å². The molecule has 1 aliphatic rings. The summed E-state index contributed by atoms with van der Waals surface area (Å²) in [6.07, 6.45) is 2.91. The maximum absolute atomic E-state index is 11.7. The normalized spacial score (nSPS) is 18.4. The number of ether oxygens (including phenoxy) is 1. The average molecular weight is 305 g/mol. The second kappa shape index (κ2) is 6.07. The van der Waals surface area contributed by atoms with Crippen LogP contribution in [-0.2, 0) is 10.0 Å². The summed E-state index contributed by atoms with van der Waals surface area (Å²) >= 11 is 5.75. The van der Waals surface area contributed by atoms with E-state index in [-0.39, 0.29) is 11.9 Å². The van der Waals surface area contributed by atoms with Gasteiger partial charge >= 0.3 is 0 Å². The quantitative estimate of drug-likeness (QED) is 0.853. The summed E-state index contributed by atoms with van der Waals surface area (Å²) in [6.45, 7) is 2.68. The Bertz CT molecular complexity index is 510. The van der Waals surface area contributed by atoms with E-state index in [0.29, 0.717) is 36.8 Å². The third-order valence-electron chi connectivity index (χ3n) is 3.15. The van der Waals surface area contributed by atoms with Gasteiger partial charge in [0.2, 0.25) is 15.9 Å². The lowest BCUT2D eigenvalue weighted by molar-refractivity contribution is 0.130. The number of rotatable bonds is 4. The van der Waals surface area contributed by atoms with Crippen LogP contribution in [0.3, 0.4) is 0 Å². The maximum Gasteiger partial charge on any atom is 0.213 e. The van der Waals surface area contributed by atoms with Gasteiger partial charge in [-0.25, -0.2) is 17.7 Å². The van der Waals surface area contributed by atoms with Gasteiger partial charge in [0.1, 0.15) is 6.10 Å². The number of nitrogens with zero attached hydrogens (tertiary/aromatic N) is 2. The highest BCUT2D eigenvalue weighted by Crippen LogP contribution is 2.20. The number of piperidine rings is 1. The Morgan fingerprint density at radius 3 is 2.63 bits per heavy atom. The van der Waals surface area contributed by atoms with Gasteiger partial charge in [0, 0.05) is 25.4 Å². The molecule has 106 valence electrons. The zero-order valence-electron chi connectivity index (χ0n) is 10.8. The first kappa shape index (κ1) is 14.6. The number of pyridine rings is 1. The van der Waals surface area contributed by atoms with Gasteiger partial charge in [0.15, 0.2) is 0 Å². The first-order chi connectivity index (χ1) is 9.01. The van der Waals surface area contributed by atoms with Crippen LogP contribution in [-0.4, -0.2) is 42.7 Å². The first-order valence-electron chi connectivity index (χ1n) is 6.27. The van der Waals surface area contributed by atoms with Gasteiger partial charge in [-0.2, -0.15) is 0 Å². The standard InChI is InChI=1S/C12H17ClN2O3S/c1-2-19(16,17)15-7-5-11(6-8-15)18-12-4-3-10(13)9-14-12/h3-4,9,11H,2,5-8H2,1H3. The average Bonchev–Trinajstić information content (AvgIpc) is 2.42. The van der Waals surface area contributed by atoms with Crippen LogP contribution in [0.15, 0.2) is 18.3 Å². The molecule has 1 aromatic heterocycles. The number of sulfonamides is 1. The molecule has 0 aliphatic carbocycles. The smallest absolute Gasteiger partial charge is 0.213 e. The molecule has 0 N–H and O–H groups in total. The lowest BCUT2D eigenvalue weighted by atomic mass is 10.1. The van der Waals surface area contributed by atoms with Gasteiger partial charge in [-0.3, -0.25) is 0 Å². The molecule has 0 aromatic carbocycles. The van der Waals surface area contributed by atoms with Crippen molar-refractivity contribution in [3.63, 3.8) is 0 Å². The van der Waals surface area contributed by atoms with E-state index in [1.54, 1.807) is 19.1 Å². The van der Waals surface area contributed by atoms with Crippen LogP contribution >= 0.6 is 11.6 Å². The summed E-state index contributed by atoms with van der Waals surface area (Å²) in [5.41, 5.74) is 0. The van der Waals surface area contributed by atoms with Crippen molar-refractivity contribution in [2.24, 2.45) is 0 Å². The summed E-state index contributed by atoms with van der Waals surface area (Å²) in [5, 5.41) is 0.566. The molecule has 1 saturated heterocycles. The zero-order chi connectivity index (χ0) is 13.9. The fraction of sp³-hybridized carbons (Fsp3) is 0.583. The van der Waals surface area contributed by atoms with Crippen LogP contribution in [0, 0.1) is 0 Å². The van der Waals surface area contributed by atoms with E-state index in [4.69, 9.17) is 16.3 Å². The molecule has 19 heavy (non-hydrogen) atoms. The van der Waals surface area contributed by atoms with Crippen molar-refractivity contribution in [2.45, 2.75) is 25.9 Å². The van der Waals surface area contributed by atoms with Crippen LogP contribution in [0.25, 0.3) is 0 Å². The molecule has 0 atom stereocenters. The highest BCUT2D eigenvalue weighted by atomic mass is 35.5. The summed E-state index contributed by atoms with van der Waals surface area (Å²) in [7, 11) is -3.08. The Kier molecular flexibility index (Phi) is 4.65. The van der Waals surface area contributed by atoms with Crippen molar-refractivity contribution in [2.75, 3.05) is 18.8 Å². The highest BCUT2D eigenvalue weighted by Gasteiger charge is 2.27. The molecule has 0 unspecified atom stereocenters. The van der Waals surface area contributed by atoms with Gasteiger partial charge in [-0.05, 0) is 25.8 Å². The summed E-state index contributed by atoms with van der Waals surface area (Å²) in [6, 6.07) is 3.44. The van der Waals surface area contributed by atoms with Crippen LogP contribution in [0.4, 0.5) is 0 Å². The number of hydrogen-bond donors (Lipinski definition) is 0. The Hall–Kier alpha value is -0.850. The molecule has 0 spiro atoms. The Balaban J connectivity index is 1.89. The van der Waals surface area contributed by atoms with Crippen LogP contribution in [0.2, 0.25) is 5.02 Å². The number of halogens is 1. The van der Waals surface area contributed by atoms with Crippen LogP contribution in [0.5, 0.6) is 5.88 Å². The van der Waals surface area contributed by atoms with Crippen molar-refractivity contribution < 1.29 is 13.2 Å². The Morgan fingerprint density at radius 1 is 1.42 bits per heavy atom. The predicted molar refractivity (Wildman–Crippen MR) is 73.9 cm³/mol. The summed E-state index contributed by atoms with van der Waals surface area (Å²) < 4.78 is 30.7. The molecule has 0 radical (unpaired) electrons. The van der Waals surface area contributed by atoms with Crippen molar-refractivity contribution in [3.05, 3.63) is 23.4 Å². The molecule has 5 nitrogen and oxygen atoms in total. The zero-order valence-corrected chi connectivity index (χ0v) is 12.3. The second-order valence-corrected chi connectivity index (χ2v) is 7.13. The van der Waals surface area contributed by atoms with Crippen LogP contribution in [0.1, 0.15) is 19.8 Å². The third-order valence-corrected chi connectivity index (χ3v) is 5.25. The lowest BCUT2D eigenvalue weighted by Gasteiger charge is -2.30. The maximum atomic E-state index is 11.7. The Labute approximate surface area is 118 Å². The number of hydrogen-bond acceptors (Lipinski definition) is 4. The van der Waals surface area contributed by atoms with E-state index in [2.05, 4.69) is 4.98 Å². The highest BCUT2D eigenvalue weighted by molar-refractivity contribution is 7.89. The molecule has 1 fully saturated rings. The summed E-state index contributed by atoms with van der Waals surface area (Å²) in [5.74, 6) is 0.679. The predicted octanol–water partition coefficient (Wildman–Crippen LogP) is 1.93. The topological polar surface area (TPSA) is 59.5 Å². The van der Waals surface area contributed by atoms with E-state index in [9.17, 15) is 8.42 Å². The first-order valence-corrected chi connectivity index (χ1v) is 8.26. The minimum absolute atomic E-state index is 0.0111. The molecular formula is C12H17ClN2O3S. The van der Waals surface area contributed by atoms with Gasteiger partial charge in [-0.1, -0.05) is 11.6 Å². The number of aromatic nitrogens is 1. The van der Waals surface area contributed by atoms with Crippen LogP contribution < -0.4 is 4.74 Å². The molecule has 1 aromatic rings.